The molecule has 3 fully saturated rings. The van der Waals surface area contributed by atoms with Crippen molar-refractivity contribution >= 4 is 17.5 Å². The molecule has 0 aromatic rings. The molecule has 154 valence electrons. The van der Waals surface area contributed by atoms with Crippen molar-refractivity contribution < 1.29 is 28.6 Å². The van der Waals surface area contributed by atoms with Gasteiger partial charge < -0.3 is 14.2 Å². The summed E-state index contributed by atoms with van der Waals surface area (Å²) in [4.78, 5) is 39.7. The van der Waals surface area contributed by atoms with Crippen molar-refractivity contribution in [2.24, 2.45) is 40.4 Å². The van der Waals surface area contributed by atoms with Gasteiger partial charge in [-0.25, -0.2) is 0 Å². The third-order valence-electron chi connectivity index (χ3n) is 8.53. The molecule has 0 bridgehead atoms. The minimum absolute atomic E-state index is 0.0365. The molecule has 6 heteroatoms. The van der Waals surface area contributed by atoms with Gasteiger partial charge in [-0.3, -0.25) is 14.4 Å². The van der Waals surface area contributed by atoms with Gasteiger partial charge in [0, 0.05) is 30.3 Å². The molecule has 6 nitrogen and oxygen atoms in total. The number of allylic oxidation sites excluding steroid dienone is 2. The fraction of sp³-hybridized carbons (Fsp3) is 0.773. The molecular formula is C22H30O6. The monoisotopic (exact) mass is 390 g/mol. The Labute approximate surface area is 166 Å². The van der Waals surface area contributed by atoms with Gasteiger partial charge in [-0.15, -0.1) is 0 Å². The fourth-order valence-electron chi connectivity index (χ4n) is 7.25. The third kappa shape index (κ3) is 2.15. The van der Waals surface area contributed by atoms with Crippen LogP contribution < -0.4 is 0 Å². The van der Waals surface area contributed by atoms with Crippen LogP contribution in [0.15, 0.2) is 11.8 Å². The van der Waals surface area contributed by atoms with Crippen LogP contribution in [0.4, 0.5) is 0 Å². The molecule has 0 amide bonds. The molecule has 2 saturated carbocycles. The van der Waals surface area contributed by atoms with Gasteiger partial charge in [-0.1, -0.05) is 27.7 Å². The van der Waals surface area contributed by atoms with Crippen molar-refractivity contribution in [1.82, 2.24) is 0 Å². The summed E-state index contributed by atoms with van der Waals surface area (Å²) in [5.74, 6) is -0.841. The number of fused-ring (bicyclic) bond motifs is 2. The number of esters is 1. The molecule has 0 radical (unpaired) electrons. The van der Waals surface area contributed by atoms with E-state index < -0.39 is 22.9 Å². The first-order valence-corrected chi connectivity index (χ1v) is 10.2. The van der Waals surface area contributed by atoms with Gasteiger partial charge in [0.15, 0.2) is 11.5 Å². The predicted octanol–water partition coefficient (Wildman–Crippen LogP) is 2.55. The molecule has 1 saturated heterocycles. The molecule has 3 aliphatic carbocycles. The summed E-state index contributed by atoms with van der Waals surface area (Å²) in [6, 6.07) is 0. The quantitative estimate of drug-likeness (QED) is 0.674. The first-order valence-electron chi connectivity index (χ1n) is 10.2. The summed E-state index contributed by atoms with van der Waals surface area (Å²) in [6.45, 7) is 7.99. The number of carbonyl (C=O) groups excluding carboxylic acids is 3. The topological polar surface area (TPSA) is 78.9 Å². The zero-order valence-corrected chi connectivity index (χ0v) is 17.5. The van der Waals surface area contributed by atoms with Crippen molar-refractivity contribution in [1.29, 1.82) is 0 Å². The van der Waals surface area contributed by atoms with Gasteiger partial charge in [-0.05, 0) is 36.2 Å². The molecule has 0 N–H and O–H groups in total. The van der Waals surface area contributed by atoms with Crippen molar-refractivity contribution in [3.63, 3.8) is 0 Å². The van der Waals surface area contributed by atoms with Gasteiger partial charge in [0.25, 0.3) is 0 Å². The summed E-state index contributed by atoms with van der Waals surface area (Å²) < 4.78 is 16.9. The third-order valence-corrected chi connectivity index (χ3v) is 8.53. The smallest absolute Gasteiger partial charge is 0.306 e. The first-order chi connectivity index (χ1) is 13.1. The Morgan fingerprint density at radius 1 is 1.11 bits per heavy atom. The second-order valence-corrected chi connectivity index (χ2v) is 9.55. The highest BCUT2D eigenvalue weighted by Crippen LogP contribution is 2.67. The number of ether oxygens (including phenoxy) is 3. The van der Waals surface area contributed by atoms with E-state index in [-0.39, 0.29) is 53.7 Å². The Bertz CT molecular complexity index is 771. The number of hydrogen-bond donors (Lipinski definition) is 0. The van der Waals surface area contributed by atoms with Crippen LogP contribution in [-0.4, -0.2) is 44.0 Å². The maximum absolute atomic E-state index is 13.7. The van der Waals surface area contributed by atoms with E-state index in [0.717, 1.165) is 0 Å². The largest absolute Gasteiger partial charge is 0.493 e. The molecule has 1 aliphatic heterocycles. The van der Waals surface area contributed by atoms with E-state index in [1.807, 2.05) is 33.8 Å². The highest BCUT2D eigenvalue weighted by Gasteiger charge is 2.73. The lowest BCUT2D eigenvalue weighted by atomic mass is 9.38. The van der Waals surface area contributed by atoms with Crippen molar-refractivity contribution in [3.8, 4) is 0 Å². The molecule has 4 aliphatic rings. The van der Waals surface area contributed by atoms with Crippen LogP contribution in [0.25, 0.3) is 0 Å². The van der Waals surface area contributed by atoms with E-state index >= 15 is 0 Å². The Kier molecular flexibility index (Phi) is 4.31. The van der Waals surface area contributed by atoms with Crippen LogP contribution in [0.1, 0.15) is 40.5 Å². The van der Waals surface area contributed by atoms with E-state index in [9.17, 15) is 14.4 Å². The predicted molar refractivity (Wildman–Crippen MR) is 100 cm³/mol. The highest BCUT2D eigenvalue weighted by atomic mass is 16.5. The number of hydrogen-bond acceptors (Lipinski definition) is 6. The lowest BCUT2D eigenvalue weighted by Crippen LogP contribution is -2.72. The Morgan fingerprint density at radius 2 is 1.79 bits per heavy atom. The molecule has 28 heavy (non-hydrogen) atoms. The van der Waals surface area contributed by atoms with Crippen LogP contribution in [-0.2, 0) is 28.6 Å². The lowest BCUT2D eigenvalue weighted by molar-refractivity contribution is -0.241. The second-order valence-electron chi connectivity index (χ2n) is 9.55. The summed E-state index contributed by atoms with van der Waals surface area (Å²) in [5, 5.41) is 0. The van der Waals surface area contributed by atoms with Gasteiger partial charge in [0.05, 0.1) is 7.11 Å². The van der Waals surface area contributed by atoms with Gasteiger partial charge in [-0.2, -0.15) is 0 Å². The second kappa shape index (κ2) is 6.15. The van der Waals surface area contributed by atoms with Crippen LogP contribution in [0.5, 0.6) is 0 Å². The molecule has 0 unspecified atom stereocenters. The highest BCUT2D eigenvalue weighted by molar-refractivity contribution is 6.04. The number of rotatable bonds is 2. The maximum Gasteiger partial charge on any atom is 0.306 e. The fourth-order valence-corrected chi connectivity index (χ4v) is 7.25. The van der Waals surface area contributed by atoms with E-state index in [0.29, 0.717) is 12.2 Å². The van der Waals surface area contributed by atoms with Crippen molar-refractivity contribution in [2.75, 3.05) is 14.2 Å². The molecule has 1 heterocycles. The number of Topliss-reactive ketones (excluding diaryl/α,β-unsaturated/α-hetero) is 2. The number of ketones is 2. The van der Waals surface area contributed by atoms with Gasteiger partial charge in [0.2, 0.25) is 5.78 Å². The van der Waals surface area contributed by atoms with E-state index in [2.05, 4.69) is 0 Å². The first kappa shape index (κ1) is 19.6. The van der Waals surface area contributed by atoms with Gasteiger partial charge >= 0.3 is 5.97 Å². The normalized spacial score (nSPS) is 50.3. The van der Waals surface area contributed by atoms with Crippen LogP contribution in [0.2, 0.25) is 0 Å². The zero-order chi connectivity index (χ0) is 20.6. The molecule has 0 spiro atoms. The van der Waals surface area contributed by atoms with E-state index in [1.165, 1.54) is 14.2 Å². The zero-order valence-electron chi connectivity index (χ0n) is 17.5. The Morgan fingerprint density at radius 3 is 2.39 bits per heavy atom. The minimum Gasteiger partial charge on any atom is -0.493 e. The molecule has 9 atom stereocenters. The summed E-state index contributed by atoms with van der Waals surface area (Å²) in [7, 11) is 3.04. The molecule has 0 aromatic carbocycles. The molecule has 0 aromatic heterocycles. The average Bonchev–Trinajstić information content (AvgIpc) is 2.63. The molecule has 4 rings (SSSR count). The van der Waals surface area contributed by atoms with Crippen molar-refractivity contribution in [3.05, 3.63) is 11.8 Å². The van der Waals surface area contributed by atoms with E-state index in [1.54, 1.807) is 0 Å². The Balaban J connectivity index is 1.94. The van der Waals surface area contributed by atoms with Crippen LogP contribution >= 0.6 is 0 Å². The van der Waals surface area contributed by atoms with E-state index in [4.69, 9.17) is 14.2 Å². The summed E-state index contributed by atoms with van der Waals surface area (Å²) in [5.41, 5.74) is -1.49. The summed E-state index contributed by atoms with van der Waals surface area (Å²) in [6.07, 6.45) is 1.71. The SMILES string of the molecule is COC1=C[C@@H](C)[C@@H]2C[C@H]3OC(=O)C[C@H]4[C@@H](C)[C@H](OC)C(=O)[C@H]([C@@]2(C)C1=O)[C@@]34C. The lowest BCUT2D eigenvalue weighted by Gasteiger charge is -2.66. The van der Waals surface area contributed by atoms with Gasteiger partial charge in [0.1, 0.15) is 12.2 Å². The number of methoxy groups -OCH3 is 2. The van der Waals surface area contributed by atoms with Crippen LogP contribution in [0.3, 0.4) is 0 Å². The standard InChI is InChI=1S/C22H30O6/c1-10-7-14(26-5)20(25)22(4)12(10)8-15-21(3)13(9-16(23)28-15)11(2)18(27-6)17(24)19(21)22/h7,10-13,15,18-19H,8-9H2,1-6H3/t10-,11-,12+,13+,15-,18+,19+,21-,22+/m1/s1. The molecular weight excluding hydrogens is 360 g/mol. The van der Waals surface area contributed by atoms with Crippen LogP contribution in [0, 0.1) is 40.4 Å². The maximum atomic E-state index is 13.7. The van der Waals surface area contributed by atoms with Crippen molar-refractivity contribution in [2.45, 2.75) is 52.7 Å². The Hall–Kier alpha value is -1.69. The summed E-state index contributed by atoms with van der Waals surface area (Å²) >= 11 is 0. The minimum atomic E-state index is -0.902. The number of carbonyl (C=O) groups is 3. The average molecular weight is 390 g/mol.